The van der Waals surface area contributed by atoms with Crippen LogP contribution in [0.3, 0.4) is 0 Å². The first-order valence-electron chi connectivity index (χ1n) is 12.4. The summed E-state index contributed by atoms with van der Waals surface area (Å²) in [5.41, 5.74) is -1.48. The van der Waals surface area contributed by atoms with Crippen molar-refractivity contribution in [3.63, 3.8) is 0 Å². The van der Waals surface area contributed by atoms with Crippen LogP contribution in [0.25, 0.3) is 0 Å². The topological polar surface area (TPSA) is 116 Å². The third kappa shape index (κ3) is 6.86. The van der Waals surface area contributed by atoms with Crippen molar-refractivity contribution in [3.05, 3.63) is 0 Å². The first kappa shape index (κ1) is 33.6. The summed E-state index contributed by atoms with van der Waals surface area (Å²) in [5.74, 6) is -14.6. The number of esters is 2. The molecule has 4 aliphatic rings. The molecule has 4 aliphatic carbocycles. The zero-order valence-corrected chi connectivity index (χ0v) is 21.8. The Bertz CT molecular complexity index is 1070. The lowest BCUT2D eigenvalue weighted by molar-refractivity contribution is -0.359. The molecule has 0 radical (unpaired) electrons. The van der Waals surface area contributed by atoms with E-state index in [9.17, 15) is 61.9 Å². The molecule has 0 saturated heterocycles. The summed E-state index contributed by atoms with van der Waals surface area (Å²) in [7, 11) is -6.66. The maximum absolute atomic E-state index is 14.3. The van der Waals surface area contributed by atoms with E-state index in [2.05, 4.69) is 14.2 Å². The Morgan fingerprint density at radius 2 is 1.29 bits per heavy atom. The van der Waals surface area contributed by atoms with Crippen LogP contribution < -0.4 is 0 Å². The number of hydrogen-bond acceptors (Lipinski definition) is 7. The molecule has 238 valence electrons. The summed E-state index contributed by atoms with van der Waals surface area (Å²) < 4.78 is 177. The number of ether oxygens (including phenoxy) is 3. The van der Waals surface area contributed by atoms with Gasteiger partial charge in [0.15, 0.2) is 0 Å². The molecule has 1 N–H and O–H groups in total. The Kier molecular flexibility index (Phi) is 9.01. The van der Waals surface area contributed by atoms with Crippen molar-refractivity contribution in [2.45, 2.75) is 87.1 Å². The summed E-state index contributed by atoms with van der Waals surface area (Å²) >= 11 is 0. The largest absolute Gasteiger partial charge is 0.468 e. The van der Waals surface area contributed by atoms with E-state index in [1.807, 2.05) is 0 Å². The van der Waals surface area contributed by atoms with Gasteiger partial charge in [0.1, 0.15) is 6.61 Å². The fourth-order valence-corrected chi connectivity index (χ4v) is 6.66. The average molecular weight is 640 g/mol. The molecular weight excluding hydrogens is 614 g/mol. The normalized spacial score (nSPS) is 28.3. The minimum absolute atomic E-state index is 0.0274. The minimum atomic E-state index is -6.66. The molecule has 4 rings (SSSR count). The summed E-state index contributed by atoms with van der Waals surface area (Å²) in [6, 6.07) is 0. The van der Waals surface area contributed by atoms with E-state index < -0.39 is 89.3 Å². The van der Waals surface area contributed by atoms with Crippen LogP contribution in [0.5, 0.6) is 0 Å². The van der Waals surface area contributed by atoms with Gasteiger partial charge in [0.25, 0.3) is 0 Å². The Hall–Kier alpha value is -1.89. The van der Waals surface area contributed by atoms with Crippen molar-refractivity contribution in [3.8, 4) is 0 Å². The minimum Gasteiger partial charge on any atom is -0.460 e. The van der Waals surface area contributed by atoms with E-state index in [4.69, 9.17) is 4.55 Å². The molecule has 0 aromatic carbocycles. The van der Waals surface area contributed by atoms with Gasteiger partial charge in [-0.25, -0.2) is 4.79 Å². The van der Waals surface area contributed by atoms with Crippen molar-refractivity contribution >= 4 is 22.1 Å². The maximum Gasteiger partial charge on any atom is 0.468 e. The van der Waals surface area contributed by atoms with Gasteiger partial charge >= 0.3 is 51.4 Å². The highest BCUT2D eigenvalue weighted by atomic mass is 32.2. The van der Waals surface area contributed by atoms with E-state index in [0.717, 1.165) is 0 Å². The van der Waals surface area contributed by atoms with Crippen LogP contribution in [0.2, 0.25) is 0 Å². The molecule has 4 saturated carbocycles. The molecule has 4 bridgehead atoms. The van der Waals surface area contributed by atoms with Crippen LogP contribution in [-0.2, 0) is 33.9 Å². The second kappa shape index (κ2) is 11.0. The molecule has 0 amide bonds. The van der Waals surface area contributed by atoms with Gasteiger partial charge in [-0.3, -0.25) is 9.35 Å². The van der Waals surface area contributed by atoms with E-state index in [-0.39, 0.29) is 37.0 Å². The fraction of sp³-hybridized carbons (Fsp3) is 0.909. The molecule has 0 aliphatic heterocycles. The first-order valence-corrected chi connectivity index (χ1v) is 13.8. The predicted octanol–water partition coefficient (Wildman–Crippen LogP) is 5.41. The molecule has 0 heterocycles. The van der Waals surface area contributed by atoms with E-state index in [1.165, 1.54) is 0 Å². The lowest BCUT2D eigenvalue weighted by Gasteiger charge is -2.55. The Morgan fingerprint density at radius 1 is 0.805 bits per heavy atom. The number of alkyl halides is 10. The van der Waals surface area contributed by atoms with Gasteiger partial charge in [-0.1, -0.05) is 0 Å². The Balaban J connectivity index is 1.84. The number of carbonyl (C=O) groups is 2. The van der Waals surface area contributed by atoms with Gasteiger partial charge in [0.05, 0.1) is 18.4 Å². The number of halogens is 10. The summed E-state index contributed by atoms with van der Waals surface area (Å²) in [6.07, 6.45) is -14.2. The fourth-order valence-electron chi connectivity index (χ4n) is 6.18. The van der Waals surface area contributed by atoms with Gasteiger partial charge in [-0.15, -0.1) is 0 Å². The molecule has 4 fully saturated rings. The van der Waals surface area contributed by atoms with Gasteiger partial charge in [-0.2, -0.15) is 52.3 Å². The smallest absolute Gasteiger partial charge is 0.460 e. The second-order valence-electron chi connectivity index (χ2n) is 10.9. The average Bonchev–Trinajstić information content (AvgIpc) is 2.77. The first-order chi connectivity index (χ1) is 18.4. The van der Waals surface area contributed by atoms with Crippen molar-refractivity contribution in [2.24, 2.45) is 23.2 Å². The lowest BCUT2D eigenvalue weighted by atomic mass is 9.49. The highest BCUT2D eigenvalue weighted by Gasteiger charge is 2.70. The molecule has 0 aromatic rings. The molecule has 1 atom stereocenters. The number of hydrogen-bond donors (Lipinski definition) is 1. The number of carbonyl (C=O) groups excluding carboxylic acids is 2. The zero-order valence-electron chi connectivity index (χ0n) is 21.0. The Labute approximate surface area is 226 Å². The van der Waals surface area contributed by atoms with E-state index in [0.29, 0.717) is 19.3 Å². The monoisotopic (exact) mass is 640 g/mol. The molecule has 19 heteroatoms. The van der Waals surface area contributed by atoms with Crippen molar-refractivity contribution < 1.29 is 80.7 Å². The molecule has 0 spiro atoms. The lowest BCUT2D eigenvalue weighted by Crippen LogP contribution is -2.61. The number of rotatable bonds is 12. The third-order valence-electron chi connectivity index (χ3n) is 7.66. The van der Waals surface area contributed by atoms with E-state index in [1.54, 1.807) is 0 Å². The van der Waals surface area contributed by atoms with Crippen LogP contribution >= 0.6 is 0 Å². The summed E-state index contributed by atoms with van der Waals surface area (Å²) in [4.78, 5) is 25.8. The van der Waals surface area contributed by atoms with Crippen molar-refractivity contribution in [2.75, 3.05) is 13.2 Å². The van der Waals surface area contributed by atoms with Gasteiger partial charge < -0.3 is 14.2 Å². The third-order valence-corrected chi connectivity index (χ3v) is 8.61. The Morgan fingerprint density at radius 3 is 1.71 bits per heavy atom. The van der Waals surface area contributed by atoms with Crippen molar-refractivity contribution in [1.29, 1.82) is 0 Å². The van der Waals surface area contributed by atoms with E-state index >= 15 is 0 Å². The SMILES string of the molecule is O=C(OC(OCCCC(F)(F)C(F)(F)S(=O)(=O)O)(C(=O)OCCC(F)(F)F)C(F)(F)F)C12CC3CC(CC(C3)C1)C2. The molecule has 41 heavy (non-hydrogen) atoms. The molecule has 8 nitrogen and oxygen atoms in total. The van der Waals surface area contributed by atoms with Crippen LogP contribution in [0, 0.1) is 23.2 Å². The quantitative estimate of drug-likeness (QED) is 0.0990. The molecule has 1 unspecified atom stereocenters. The standard InChI is InChI=1S/C22H26F10O8S/c23-18(24,22(31,32)41(35,36)37)2-1-4-39-20(21(28,29)30,16(34)38-5-3-19(25,26)27)40-15(33)17-9-12-6-13(10-17)8-14(7-12)11-17/h12-14H,1-11H2,(H,35,36,37). The summed E-state index contributed by atoms with van der Waals surface area (Å²) in [6.45, 7) is -3.38. The van der Waals surface area contributed by atoms with Crippen LogP contribution in [0.1, 0.15) is 57.8 Å². The van der Waals surface area contributed by atoms with Crippen LogP contribution in [0.15, 0.2) is 0 Å². The van der Waals surface area contributed by atoms with Gasteiger partial charge in [0, 0.05) is 6.42 Å². The molecule has 0 aromatic heterocycles. The highest BCUT2D eigenvalue weighted by molar-refractivity contribution is 7.87. The van der Waals surface area contributed by atoms with Gasteiger partial charge in [0.2, 0.25) is 0 Å². The highest BCUT2D eigenvalue weighted by Crippen LogP contribution is 2.61. The van der Waals surface area contributed by atoms with Gasteiger partial charge in [-0.05, 0) is 62.7 Å². The summed E-state index contributed by atoms with van der Waals surface area (Å²) in [5, 5.41) is -6.05. The van der Waals surface area contributed by atoms with Crippen LogP contribution in [-0.4, -0.2) is 67.4 Å². The zero-order chi connectivity index (χ0) is 31.3. The maximum atomic E-state index is 14.3. The predicted molar refractivity (Wildman–Crippen MR) is 114 cm³/mol. The second-order valence-corrected chi connectivity index (χ2v) is 12.3. The molecular formula is C22H26F10O8S. The van der Waals surface area contributed by atoms with Crippen LogP contribution in [0.4, 0.5) is 43.9 Å². The van der Waals surface area contributed by atoms with Crippen molar-refractivity contribution in [1.82, 2.24) is 0 Å².